The Labute approximate surface area is 126 Å². The Morgan fingerprint density at radius 1 is 1.15 bits per heavy atom. The summed E-state index contributed by atoms with van der Waals surface area (Å²) in [5, 5.41) is 3.89. The van der Waals surface area contributed by atoms with Gasteiger partial charge in [0.1, 0.15) is 0 Å². The van der Waals surface area contributed by atoms with Crippen LogP contribution in [0.5, 0.6) is 0 Å². The van der Waals surface area contributed by atoms with Gasteiger partial charge in [0, 0.05) is 24.7 Å². The Hall–Kier alpha value is -0.0800. The standard InChI is InChI=1S/C18H36N2/c1-4-6-7-10-13-20-14-17(16(3)5-2)19-15-18(20)11-8-9-12-18/h16-17,19H,4-15H2,1-3H3. The lowest BCUT2D eigenvalue weighted by Crippen LogP contribution is -2.64. The zero-order chi connectivity index (χ0) is 14.4. The van der Waals surface area contributed by atoms with Crippen molar-refractivity contribution < 1.29 is 0 Å². The van der Waals surface area contributed by atoms with E-state index in [0.717, 1.165) is 12.0 Å². The molecular formula is C18H36N2. The first kappa shape index (κ1) is 16.3. The van der Waals surface area contributed by atoms with Gasteiger partial charge in [0.05, 0.1) is 0 Å². The molecule has 2 fully saturated rings. The Morgan fingerprint density at radius 3 is 2.55 bits per heavy atom. The molecule has 1 N–H and O–H groups in total. The largest absolute Gasteiger partial charge is 0.311 e. The van der Waals surface area contributed by atoms with Gasteiger partial charge >= 0.3 is 0 Å². The van der Waals surface area contributed by atoms with Crippen LogP contribution < -0.4 is 5.32 Å². The van der Waals surface area contributed by atoms with Crippen molar-refractivity contribution in [2.24, 2.45) is 5.92 Å². The van der Waals surface area contributed by atoms with Crippen molar-refractivity contribution in [2.45, 2.75) is 90.1 Å². The SMILES string of the molecule is CCCCCCN1CC(C(C)CC)NCC12CCCC2. The number of nitrogens with one attached hydrogen (secondary N) is 1. The molecule has 0 amide bonds. The summed E-state index contributed by atoms with van der Waals surface area (Å²) >= 11 is 0. The molecule has 118 valence electrons. The van der Waals surface area contributed by atoms with Crippen LogP contribution in [-0.2, 0) is 0 Å². The van der Waals surface area contributed by atoms with Crippen LogP contribution in [0, 0.1) is 5.92 Å². The maximum Gasteiger partial charge on any atom is 0.0334 e. The van der Waals surface area contributed by atoms with E-state index in [-0.39, 0.29) is 0 Å². The molecule has 0 aromatic rings. The fraction of sp³-hybridized carbons (Fsp3) is 1.00. The summed E-state index contributed by atoms with van der Waals surface area (Å²) in [6, 6.07) is 0.720. The van der Waals surface area contributed by atoms with Crippen molar-refractivity contribution in [1.82, 2.24) is 10.2 Å². The monoisotopic (exact) mass is 280 g/mol. The van der Waals surface area contributed by atoms with Crippen molar-refractivity contribution in [1.29, 1.82) is 0 Å². The summed E-state index contributed by atoms with van der Waals surface area (Å²) in [4.78, 5) is 2.89. The van der Waals surface area contributed by atoms with E-state index in [1.54, 1.807) is 0 Å². The van der Waals surface area contributed by atoms with Crippen molar-refractivity contribution in [3.63, 3.8) is 0 Å². The average molecular weight is 281 g/mol. The average Bonchev–Trinajstić information content (AvgIpc) is 2.94. The molecule has 1 saturated carbocycles. The second-order valence-electron chi connectivity index (χ2n) is 7.31. The molecule has 1 spiro atoms. The minimum Gasteiger partial charge on any atom is -0.311 e. The maximum atomic E-state index is 3.89. The molecule has 2 nitrogen and oxygen atoms in total. The smallest absolute Gasteiger partial charge is 0.0334 e. The van der Waals surface area contributed by atoms with E-state index in [9.17, 15) is 0 Å². The van der Waals surface area contributed by atoms with Crippen molar-refractivity contribution in [3.05, 3.63) is 0 Å². The lowest BCUT2D eigenvalue weighted by molar-refractivity contribution is 0.0294. The number of piperazine rings is 1. The second-order valence-corrected chi connectivity index (χ2v) is 7.31. The van der Waals surface area contributed by atoms with Gasteiger partial charge in [-0.05, 0) is 31.7 Å². The highest BCUT2D eigenvalue weighted by Crippen LogP contribution is 2.37. The Balaban J connectivity index is 1.92. The van der Waals surface area contributed by atoms with E-state index in [1.807, 2.05) is 0 Å². The normalized spacial score (nSPS) is 28.1. The number of hydrogen-bond acceptors (Lipinski definition) is 2. The van der Waals surface area contributed by atoms with Crippen LogP contribution in [0.15, 0.2) is 0 Å². The summed E-state index contributed by atoms with van der Waals surface area (Å²) in [6.07, 6.45) is 12.6. The third-order valence-corrected chi connectivity index (χ3v) is 5.93. The van der Waals surface area contributed by atoms with Gasteiger partial charge in [-0.2, -0.15) is 0 Å². The highest BCUT2D eigenvalue weighted by molar-refractivity contribution is 5.02. The van der Waals surface area contributed by atoms with Gasteiger partial charge in [-0.1, -0.05) is 59.3 Å². The van der Waals surface area contributed by atoms with Crippen molar-refractivity contribution in [3.8, 4) is 0 Å². The van der Waals surface area contributed by atoms with Crippen molar-refractivity contribution in [2.75, 3.05) is 19.6 Å². The third-order valence-electron chi connectivity index (χ3n) is 5.93. The lowest BCUT2D eigenvalue weighted by atomic mass is 9.87. The van der Waals surface area contributed by atoms with Gasteiger partial charge in [0.2, 0.25) is 0 Å². The van der Waals surface area contributed by atoms with Crippen LogP contribution in [-0.4, -0.2) is 36.1 Å². The predicted octanol–water partition coefficient (Wildman–Crippen LogP) is 4.20. The lowest BCUT2D eigenvalue weighted by Gasteiger charge is -2.49. The number of nitrogens with zero attached hydrogens (tertiary/aromatic N) is 1. The van der Waals surface area contributed by atoms with Gasteiger partial charge in [0.15, 0.2) is 0 Å². The van der Waals surface area contributed by atoms with Crippen LogP contribution in [0.25, 0.3) is 0 Å². The van der Waals surface area contributed by atoms with Gasteiger partial charge in [0.25, 0.3) is 0 Å². The predicted molar refractivity (Wildman–Crippen MR) is 88.2 cm³/mol. The van der Waals surface area contributed by atoms with Gasteiger partial charge in [-0.15, -0.1) is 0 Å². The summed E-state index contributed by atoms with van der Waals surface area (Å²) in [6.45, 7) is 10.9. The summed E-state index contributed by atoms with van der Waals surface area (Å²) in [5.41, 5.74) is 0.524. The first-order valence-corrected chi connectivity index (χ1v) is 9.20. The molecule has 1 heterocycles. The number of unbranched alkanes of at least 4 members (excludes halogenated alkanes) is 3. The summed E-state index contributed by atoms with van der Waals surface area (Å²) in [7, 11) is 0. The molecule has 2 heteroatoms. The molecule has 2 atom stereocenters. The molecule has 1 aliphatic carbocycles. The zero-order valence-corrected chi connectivity index (χ0v) is 14.1. The van der Waals surface area contributed by atoms with E-state index >= 15 is 0 Å². The Kier molecular flexibility index (Phi) is 6.35. The van der Waals surface area contributed by atoms with Crippen LogP contribution in [0.1, 0.15) is 78.6 Å². The molecule has 0 bridgehead atoms. The van der Waals surface area contributed by atoms with Crippen LogP contribution in [0.2, 0.25) is 0 Å². The van der Waals surface area contributed by atoms with E-state index in [4.69, 9.17) is 0 Å². The van der Waals surface area contributed by atoms with E-state index < -0.39 is 0 Å². The molecule has 2 aliphatic rings. The van der Waals surface area contributed by atoms with Gasteiger partial charge in [-0.25, -0.2) is 0 Å². The fourth-order valence-corrected chi connectivity index (χ4v) is 4.18. The fourth-order valence-electron chi connectivity index (χ4n) is 4.18. The Morgan fingerprint density at radius 2 is 1.90 bits per heavy atom. The topological polar surface area (TPSA) is 15.3 Å². The van der Waals surface area contributed by atoms with Crippen molar-refractivity contribution >= 4 is 0 Å². The Bertz CT molecular complexity index is 271. The summed E-state index contributed by atoms with van der Waals surface area (Å²) in [5.74, 6) is 0.812. The molecule has 1 aliphatic heterocycles. The van der Waals surface area contributed by atoms with Crippen LogP contribution in [0.3, 0.4) is 0 Å². The molecule has 1 saturated heterocycles. The quantitative estimate of drug-likeness (QED) is 0.703. The van der Waals surface area contributed by atoms with Crippen LogP contribution in [0.4, 0.5) is 0 Å². The molecule has 2 rings (SSSR count). The first-order chi connectivity index (χ1) is 9.72. The molecule has 2 unspecified atom stereocenters. The highest BCUT2D eigenvalue weighted by Gasteiger charge is 2.43. The van der Waals surface area contributed by atoms with E-state index in [2.05, 4.69) is 31.0 Å². The number of hydrogen-bond donors (Lipinski definition) is 1. The second kappa shape index (κ2) is 7.79. The molecule has 0 aromatic carbocycles. The highest BCUT2D eigenvalue weighted by atomic mass is 15.3. The van der Waals surface area contributed by atoms with E-state index in [1.165, 1.54) is 77.4 Å². The number of rotatable bonds is 7. The molecule has 20 heavy (non-hydrogen) atoms. The van der Waals surface area contributed by atoms with Crippen LogP contribution >= 0.6 is 0 Å². The first-order valence-electron chi connectivity index (χ1n) is 9.20. The zero-order valence-electron chi connectivity index (χ0n) is 14.1. The van der Waals surface area contributed by atoms with E-state index in [0.29, 0.717) is 5.54 Å². The van der Waals surface area contributed by atoms with Gasteiger partial charge < -0.3 is 5.32 Å². The molecular weight excluding hydrogens is 244 g/mol. The molecule has 0 radical (unpaired) electrons. The summed E-state index contributed by atoms with van der Waals surface area (Å²) < 4.78 is 0. The maximum absolute atomic E-state index is 3.89. The minimum atomic E-state index is 0.524. The van der Waals surface area contributed by atoms with Gasteiger partial charge in [-0.3, -0.25) is 4.90 Å². The molecule has 0 aromatic heterocycles. The minimum absolute atomic E-state index is 0.524. The third kappa shape index (κ3) is 3.76.